The Bertz CT molecular complexity index is 809. The molecular formula is C21H26ClNO4. The lowest BCUT2D eigenvalue weighted by molar-refractivity contribution is 0.286. The van der Waals surface area contributed by atoms with Gasteiger partial charge in [0.1, 0.15) is 0 Å². The van der Waals surface area contributed by atoms with E-state index < -0.39 is 0 Å². The van der Waals surface area contributed by atoms with Crippen molar-refractivity contribution in [1.82, 2.24) is 5.32 Å². The zero-order chi connectivity index (χ0) is 19.4. The third-order valence-corrected chi connectivity index (χ3v) is 4.83. The number of nitrogens with one attached hydrogen (secondary N) is 1. The minimum absolute atomic E-state index is 0.0278. The summed E-state index contributed by atoms with van der Waals surface area (Å²) in [6, 6.07) is 7.67. The highest BCUT2D eigenvalue weighted by molar-refractivity contribution is 6.32. The van der Waals surface area contributed by atoms with E-state index in [1.807, 2.05) is 32.9 Å². The van der Waals surface area contributed by atoms with Crippen LogP contribution in [0, 0.1) is 0 Å². The molecule has 1 atom stereocenters. The highest BCUT2D eigenvalue weighted by Crippen LogP contribution is 2.42. The summed E-state index contributed by atoms with van der Waals surface area (Å²) in [5.74, 6) is 1.88. The van der Waals surface area contributed by atoms with Gasteiger partial charge in [-0.3, -0.25) is 0 Å². The highest BCUT2D eigenvalue weighted by Gasteiger charge is 2.26. The molecule has 6 heteroatoms. The quantitative estimate of drug-likeness (QED) is 0.728. The predicted molar refractivity (Wildman–Crippen MR) is 107 cm³/mol. The zero-order valence-corrected chi connectivity index (χ0v) is 16.7. The molecule has 0 saturated heterocycles. The largest absolute Gasteiger partial charge is 0.503 e. The van der Waals surface area contributed by atoms with Crippen LogP contribution < -0.4 is 19.5 Å². The summed E-state index contributed by atoms with van der Waals surface area (Å²) in [4.78, 5) is 0. The van der Waals surface area contributed by atoms with Crippen molar-refractivity contribution in [3.63, 3.8) is 0 Å². The first-order valence-electron chi connectivity index (χ1n) is 9.39. The second-order valence-electron chi connectivity index (χ2n) is 6.28. The minimum atomic E-state index is -0.0686. The van der Waals surface area contributed by atoms with Crippen molar-refractivity contribution >= 4 is 11.6 Å². The fourth-order valence-corrected chi connectivity index (χ4v) is 3.64. The molecule has 1 heterocycles. The Hall–Kier alpha value is -2.11. The van der Waals surface area contributed by atoms with Crippen LogP contribution in [-0.2, 0) is 6.42 Å². The lowest BCUT2D eigenvalue weighted by Crippen LogP contribution is -2.30. The number of rotatable bonds is 7. The number of phenols is 1. The SMILES string of the molecule is CCOc1cc2c(cc1OCC)[C@H](c1cc(Cl)c(O)c(OCC)c1)NCC2. The van der Waals surface area contributed by atoms with Gasteiger partial charge in [-0.2, -0.15) is 0 Å². The molecule has 2 aromatic carbocycles. The molecule has 3 rings (SSSR count). The number of benzene rings is 2. The van der Waals surface area contributed by atoms with E-state index in [0.29, 0.717) is 25.6 Å². The van der Waals surface area contributed by atoms with Crippen molar-refractivity contribution in [3.8, 4) is 23.0 Å². The average molecular weight is 392 g/mol. The molecule has 146 valence electrons. The Morgan fingerprint density at radius 3 is 2.26 bits per heavy atom. The van der Waals surface area contributed by atoms with Crippen LogP contribution in [0.1, 0.15) is 43.5 Å². The lowest BCUT2D eigenvalue weighted by atomic mass is 9.89. The summed E-state index contributed by atoms with van der Waals surface area (Å²) in [5.41, 5.74) is 3.28. The van der Waals surface area contributed by atoms with Crippen LogP contribution in [0.3, 0.4) is 0 Å². The Morgan fingerprint density at radius 2 is 1.59 bits per heavy atom. The van der Waals surface area contributed by atoms with Crippen LogP contribution in [0.4, 0.5) is 0 Å². The average Bonchev–Trinajstić information content (AvgIpc) is 2.66. The van der Waals surface area contributed by atoms with Gasteiger partial charge in [0, 0.05) is 6.54 Å². The monoisotopic (exact) mass is 391 g/mol. The molecule has 0 unspecified atom stereocenters. The van der Waals surface area contributed by atoms with Crippen molar-refractivity contribution < 1.29 is 19.3 Å². The zero-order valence-electron chi connectivity index (χ0n) is 16.0. The third-order valence-electron chi connectivity index (χ3n) is 4.54. The van der Waals surface area contributed by atoms with Gasteiger partial charge in [-0.05, 0) is 68.1 Å². The molecule has 0 aromatic heterocycles. The van der Waals surface area contributed by atoms with Crippen LogP contribution in [-0.4, -0.2) is 31.5 Å². The van der Waals surface area contributed by atoms with Gasteiger partial charge in [-0.15, -0.1) is 0 Å². The molecule has 1 aliphatic heterocycles. The van der Waals surface area contributed by atoms with E-state index in [-0.39, 0.29) is 16.8 Å². The maximum absolute atomic E-state index is 10.1. The van der Waals surface area contributed by atoms with E-state index in [1.54, 1.807) is 6.07 Å². The molecule has 0 radical (unpaired) electrons. The summed E-state index contributed by atoms with van der Waals surface area (Å²) in [7, 11) is 0. The number of hydrogen-bond donors (Lipinski definition) is 2. The highest BCUT2D eigenvalue weighted by atomic mass is 35.5. The van der Waals surface area contributed by atoms with Gasteiger partial charge in [0.2, 0.25) is 0 Å². The molecule has 0 fully saturated rings. The molecule has 0 amide bonds. The fourth-order valence-electron chi connectivity index (χ4n) is 3.42. The van der Waals surface area contributed by atoms with E-state index in [4.69, 9.17) is 25.8 Å². The molecule has 5 nitrogen and oxygen atoms in total. The molecule has 0 aliphatic carbocycles. The van der Waals surface area contributed by atoms with Crippen molar-refractivity contribution in [2.24, 2.45) is 0 Å². The van der Waals surface area contributed by atoms with Gasteiger partial charge in [-0.25, -0.2) is 0 Å². The fraction of sp³-hybridized carbons (Fsp3) is 0.429. The van der Waals surface area contributed by atoms with Crippen LogP contribution in [0.15, 0.2) is 24.3 Å². The van der Waals surface area contributed by atoms with Gasteiger partial charge in [0.25, 0.3) is 0 Å². The first kappa shape index (κ1) is 19.6. The van der Waals surface area contributed by atoms with Crippen LogP contribution in [0.5, 0.6) is 23.0 Å². The van der Waals surface area contributed by atoms with E-state index >= 15 is 0 Å². The Balaban J connectivity index is 2.07. The molecule has 0 spiro atoms. The summed E-state index contributed by atoms with van der Waals surface area (Å²) >= 11 is 6.25. The number of halogens is 1. The van der Waals surface area contributed by atoms with Gasteiger partial charge in [0.15, 0.2) is 23.0 Å². The van der Waals surface area contributed by atoms with E-state index in [0.717, 1.165) is 35.6 Å². The Morgan fingerprint density at radius 1 is 0.963 bits per heavy atom. The predicted octanol–water partition coefficient (Wildman–Crippen LogP) is 4.48. The maximum Gasteiger partial charge on any atom is 0.176 e. The summed E-state index contributed by atoms with van der Waals surface area (Å²) in [6.07, 6.45) is 0.905. The summed E-state index contributed by atoms with van der Waals surface area (Å²) < 4.78 is 17.1. The summed E-state index contributed by atoms with van der Waals surface area (Å²) in [5, 5.41) is 14.0. The van der Waals surface area contributed by atoms with Gasteiger partial charge < -0.3 is 24.6 Å². The lowest BCUT2D eigenvalue weighted by Gasteiger charge is -2.29. The minimum Gasteiger partial charge on any atom is -0.503 e. The van der Waals surface area contributed by atoms with Crippen molar-refractivity contribution in [1.29, 1.82) is 0 Å². The van der Waals surface area contributed by atoms with Gasteiger partial charge >= 0.3 is 0 Å². The van der Waals surface area contributed by atoms with Crippen LogP contribution >= 0.6 is 11.6 Å². The van der Waals surface area contributed by atoms with E-state index in [1.165, 1.54) is 5.56 Å². The van der Waals surface area contributed by atoms with Crippen LogP contribution in [0.25, 0.3) is 0 Å². The molecule has 27 heavy (non-hydrogen) atoms. The topological polar surface area (TPSA) is 60.0 Å². The number of phenolic OH excluding ortho intramolecular Hbond substituents is 1. The number of aromatic hydroxyl groups is 1. The first-order valence-corrected chi connectivity index (χ1v) is 9.77. The number of ether oxygens (including phenoxy) is 3. The first-order chi connectivity index (χ1) is 13.1. The van der Waals surface area contributed by atoms with Gasteiger partial charge in [0.05, 0.1) is 30.9 Å². The Kier molecular flexibility index (Phi) is 6.34. The third kappa shape index (κ3) is 4.09. The van der Waals surface area contributed by atoms with E-state index in [9.17, 15) is 5.11 Å². The summed E-state index contributed by atoms with van der Waals surface area (Å²) in [6.45, 7) is 8.24. The molecular weight excluding hydrogens is 366 g/mol. The van der Waals surface area contributed by atoms with Crippen molar-refractivity contribution in [2.75, 3.05) is 26.4 Å². The van der Waals surface area contributed by atoms with Gasteiger partial charge in [-0.1, -0.05) is 11.6 Å². The molecule has 0 bridgehead atoms. The van der Waals surface area contributed by atoms with E-state index in [2.05, 4.69) is 11.4 Å². The molecule has 2 aromatic rings. The second-order valence-corrected chi connectivity index (χ2v) is 6.69. The Labute approximate surface area is 165 Å². The number of fused-ring (bicyclic) bond motifs is 1. The van der Waals surface area contributed by atoms with Crippen LogP contribution in [0.2, 0.25) is 5.02 Å². The number of hydrogen-bond acceptors (Lipinski definition) is 5. The normalized spacial score (nSPS) is 15.9. The second kappa shape index (κ2) is 8.72. The smallest absolute Gasteiger partial charge is 0.176 e. The molecule has 2 N–H and O–H groups in total. The van der Waals surface area contributed by atoms with Crippen molar-refractivity contribution in [2.45, 2.75) is 33.2 Å². The molecule has 1 aliphatic rings. The maximum atomic E-state index is 10.1. The molecule has 0 saturated carbocycles. The van der Waals surface area contributed by atoms with Crippen molar-refractivity contribution in [3.05, 3.63) is 46.0 Å². The standard InChI is InChI=1S/C21H26ClNO4/c1-4-25-17-10-13-7-8-23-20(15(13)12-18(17)26-5-2)14-9-16(22)21(24)19(11-14)27-6-3/h9-12,20,23-24H,4-8H2,1-3H3/t20-/m0/s1.